The van der Waals surface area contributed by atoms with E-state index in [1.54, 1.807) is 47.2 Å². The summed E-state index contributed by atoms with van der Waals surface area (Å²) in [5, 5.41) is 22.0. The molecule has 1 spiro atoms. The molecule has 3 aliphatic rings. The Balaban J connectivity index is 1.77. The van der Waals surface area contributed by atoms with Gasteiger partial charge in [0, 0.05) is 35.8 Å². The molecule has 208 valence electrons. The quantitative estimate of drug-likeness (QED) is 0.288. The van der Waals surface area contributed by atoms with Gasteiger partial charge in [-0.25, -0.2) is 0 Å². The lowest BCUT2D eigenvalue weighted by Crippen LogP contribution is -2.46. The van der Waals surface area contributed by atoms with Crippen molar-refractivity contribution in [1.82, 2.24) is 4.90 Å². The van der Waals surface area contributed by atoms with E-state index in [0.29, 0.717) is 23.5 Å². The molecule has 0 unspecified atom stereocenters. The fourth-order valence-electron chi connectivity index (χ4n) is 6.56. The summed E-state index contributed by atoms with van der Waals surface area (Å²) in [6.45, 7) is 11.3. The van der Waals surface area contributed by atoms with Gasteiger partial charge in [0.1, 0.15) is 6.10 Å². The number of nitrogens with one attached hydrogen (secondary N) is 1. The van der Waals surface area contributed by atoms with Gasteiger partial charge in [0.2, 0.25) is 5.91 Å². The Morgan fingerprint density at radius 1 is 1.37 bits per heavy atom. The molecule has 10 nitrogen and oxygen atoms in total. The fourth-order valence-corrected chi connectivity index (χ4v) is 9.11. The molecule has 0 saturated carbocycles. The molecular weight excluding hydrogens is 506 g/mol. The molecule has 3 heterocycles. The van der Waals surface area contributed by atoms with E-state index in [1.165, 1.54) is 6.92 Å². The third-order valence-electron chi connectivity index (χ3n) is 8.23. The van der Waals surface area contributed by atoms with E-state index in [0.717, 1.165) is 12.8 Å². The van der Waals surface area contributed by atoms with Crippen molar-refractivity contribution in [2.24, 2.45) is 5.92 Å². The highest BCUT2D eigenvalue weighted by Crippen LogP contribution is 2.60. The summed E-state index contributed by atoms with van der Waals surface area (Å²) in [4.78, 5) is 54.3. The van der Waals surface area contributed by atoms with Gasteiger partial charge in [-0.05, 0) is 51.1 Å². The smallest absolute Gasteiger partial charge is 0.264 e. The van der Waals surface area contributed by atoms with Crippen LogP contribution in [-0.4, -0.2) is 83.9 Å². The Hall–Kier alpha value is -2.57. The van der Waals surface area contributed by atoms with Gasteiger partial charge in [-0.1, -0.05) is 13.0 Å². The van der Waals surface area contributed by atoms with E-state index in [9.17, 15) is 29.4 Å². The zero-order valence-electron chi connectivity index (χ0n) is 22.5. The Kier molecular flexibility index (Phi) is 7.88. The predicted octanol–water partition coefficient (Wildman–Crippen LogP) is 1.71. The van der Waals surface area contributed by atoms with Crippen LogP contribution in [0.3, 0.4) is 0 Å². The molecule has 4 rings (SSSR count). The van der Waals surface area contributed by atoms with Gasteiger partial charge in [0.15, 0.2) is 13.9 Å². The molecule has 6 atom stereocenters. The maximum absolute atomic E-state index is 14.1. The van der Waals surface area contributed by atoms with Crippen LogP contribution in [0.15, 0.2) is 30.9 Å². The normalized spacial score (nSPS) is 29.6. The van der Waals surface area contributed by atoms with Crippen LogP contribution in [-0.2, 0) is 24.7 Å². The maximum Gasteiger partial charge on any atom is 0.264 e. The monoisotopic (exact) mass is 545 g/mol. The van der Waals surface area contributed by atoms with Crippen LogP contribution in [0.4, 0.5) is 11.4 Å². The largest absolute Gasteiger partial charge is 0.432 e. The van der Waals surface area contributed by atoms with E-state index in [4.69, 9.17) is 4.74 Å². The molecule has 0 aromatic heterocycles. The number of nitrogens with zero attached hydrogens (tertiary/aromatic N) is 2. The topological polar surface area (TPSA) is 140 Å². The SMILES string of the molecule is C=CCN1C(=O)[C@@]2(O[C@@H](CC(=O)N3CCC[C@H]3CO)[C@H]([Si](C)(C)O)[C@H]2C)c2cc(NC(=O)[C@H](C)O)ccc21. The molecule has 0 bridgehead atoms. The number of likely N-dealkylation sites (tertiary alicyclic amines) is 1. The first-order valence-electron chi connectivity index (χ1n) is 13.2. The first kappa shape index (κ1) is 28.4. The first-order valence-corrected chi connectivity index (χ1v) is 16.3. The van der Waals surface area contributed by atoms with Crippen molar-refractivity contribution in [1.29, 1.82) is 0 Å². The average Bonchev–Trinajstić information content (AvgIpc) is 3.50. The molecule has 1 aromatic carbocycles. The van der Waals surface area contributed by atoms with E-state index in [1.807, 2.05) is 6.92 Å². The van der Waals surface area contributed by atoms with Crippen LogP contribution in [0, 0.1) is 5.92 Å². The summed E-state index contributed by atoms with van der Waals surface area (Å²) in [5.74, 6) is -1.51. The number of anilines is 2. The highest BCUT2D eigenvalue weighted by molar-refractivity contribution is 6.71. The number of carbonyl (C=O) groups is 3. The number of carbonyl (C=O) groups excluding carboxylic acids is 3. The highest BCUT2D eigenvalue weighted by atomic mass is 28.4. The number of aliphatic hydroxyl groups excluding tert-OH is 2. The lowest BCUT2D eigenvalue weighted by Gasteiger charge is -2.32. The van der Waals surface area contributed by atoms with E-state index in [2.05, 4.69) is 11.9 Å². The van der Waals surface area contributed by atoms with E-state index >= 15 is 0 Å². The molecule has 3 aliphatic heterocycles. The van der Waals surface area contributed by atoms with Gasteiger partial charge in [-0.3, -0.25) is 14.4 Å². The van der Waals surface area contributed by atoms with Gasteiger partial charge in [0.05, 0.1) is 30.9 Å². The second-order valence-electron chi connectivity index (χ2n) is 11.2. The average molecular weight is 546 g/mol. The van der Waals surface area contributed by atoms with Crippen LogP contribution >= 0.6 is 0 Å². The predicted molar refractivity (Wildman–Crippen MR) is 145 cm³/mol. The van der Waals surface area contributed by atoms with Crippen molar-refractivity contribution >= 4 is 37.4 Å². The highest BCUT2D eigenvalue weighted by Gasteiger charge is 2.66. The number of amides is 3. The molecular formula is C27H39N3O7Si. The standard InChI is InChI=1S/C27H39N3O7Si/c1-6-11-30-21-10-9-18(28-25(34)17(3)32)13-20(21)27(26(30)35)16(2)24(38(4,5)36)22(37-27)14-23(33)29-12-7-8-19(29)15-31/h6,9-10,13,16-17,19,22,24,31-32,36H,1,7-8,11-12,14-15H2,2-5H3,(H,28,34)/t16-,17+,19+,22+,24-,27+/m1/s1. The molecule has 4 N–H and O–H groups in total. The van der Waals surface area contributed by atoms with Gasteiger partial charge in [0.25, 0.3) is 11.8 Å². The summed E-state index contributed by atoms with van der Waals surface area (Å²) in [7, 11) is -2.96. The van der Waals surface area contributed by atoms with Crippen molar-refractivity contribution in [2.45, 2.75) is 75.6 Å². The van der Waals surface area contributed by atoms with Crippen molar-refractivity contribution in [3.8, 4) is 0 Å². The van der Waals surface area contributed by atoms with Gasteiger partial charge < -0.3 is 34.9 Å². The fraction of sp³-hybridized carbons (Fsp3) is 0.593. The summed E-state index contributed by atoms with van der Waals surface area (Å²) < 4.78 is 6.66. The van der Waals surface area contributed by atoms with Crippen LogP contribution in [0.2, 0.25) is 18.6 Å². The molecule has 11 heteroatoms. The number of hydrogen-bond donors (Lipinski definition) is 4. The van der Waals surface area contributed by atoms with E-state index < -0.39 is 43.5 Å². The lowest BCUT2D eigenvalue weighted by atomic mass is 9.82. The van der Waals surface area contributed by atoms with Gasteiger partial charge >= 0.3 is 0 Å². The van der Waals surface area contributed by atoms with Crippen LogP contribution in [0.1, 0.15) is 38.7 Å². The number of fused-ring (bicyclic) bond motifs is 2. The Morgan fingerprint density at radius 2 is 2.08 bits per heavy atom. The minimum atomic E-state index is -2.96. The summed E-state index contributed by atoms with van der Waals surface area (Å²) in [6.07, 6.45) is 1.24. The lowest BCUT2D eigenvalue weighted by molar-refractivity contribution is -0.149. The number of hydrogen-bond acceptors (Lipinski definition) is 7. The van der Waals surface area contributed by atoms with Crippen molar-refractivity contribution in [2.75, 3.05) is 29.9 Å². The van der Waals surface area contributed by atoms with Crippen molar-refractivity contribution in [3.63, 3.8) is 0 Å². The van der Waals surface area contributed by atoms with Crippen molar-refractivity contribution < 1.29 is 34.1 Å². The number of rotatable bonds is 8. The van der Waals surface area contributed by atoms with Gasteiger partial charge in [-0.15, -0.1) is 6.58 Å². The first-order chi connectivity index (χ1) is 17.9. The molecule has 2 saturated heterocycles. The van der Waals surface area contributed by atoms with Crippen LogP contribution in [0.5, 0.6) is 0 Å². The minimum absolute atomic E-state index is 0.00717. The Morgan fingerprint density at radius 3 is 2.68 bits per heavy atom. The summed E-state index contributed by atoms with van der Waals surface area (Å²) in [6, 6.07) is 4.84. The second-order valence-corrected chi connectivity index (χ2v) is 15.2. The summed E-state index contributed by atoms with van der Waals surface area (Å²) >= 11 is 0. The Labute approximate surface area is 224 Å². The van der Waals surface area contributed by atoms with Gasteiger partial charge in [-0.2, -0.15) is 0 Å². The minimum Gasteiger partial charge on any atom is -0.432 e. The number of aliphatic hydroxyl groups is 2. The zero-order chi connectivity index (χ0) is 28.0. The van der Waals surface area contributed by atoms with Crippen LogP contribution in [0.25, 0.3) is 0 Å². The molecule has 38 heavy (non-hydrogen) atoms. The van der Waals surface area contributed by atoms with Crippen molar-refractivity contribution in [3.05, 3.63) is 36.4 Å². The number of benzene rings is 1. The molecule has 2 fully saturated rings. The number of ether oxygens (including phenoxy) is 1. The van der Waals surface area contributed by atoms with E-state index in [-0.39, 0.29) is 37.4 Å². The summed E-state index contributed by atoms with van der Waals surface area (Å²) in [5.41, 5.74) is -0.337. The third kappa shape index (κ3) is 4.71. The maximum atomic E-state index is 14.1. The third-order valence-corrected chi connectivity index (χ3v) is 10.7. The molecule has 1 aromatic rings. The van der Waals surface area contributed by atoms with Crippen LogP contribution < -0.4 is 10.2 Å². The zero-order valence-corrected chi connectivity index (χ0v) is 23.5. The molecule has 3 amide bonds. The second kappa shape index (κ2) is 10.5. The Bertz CT molecular complexity index is 1120. The molecule has 0 radical (unpaired) electrons. The molecule has 0 aliphatic carbocycles.